The van der Waals surface area contributed by atoms with Gasteiger partial charge in [0.05, 0.1) is 10.4 Å². The molecule has 1 saturated heterocycles. The Hall–Kier alpha value is -3.29. The van der Waals surface area contributed by atoms with Gasteiger partial charge in [-0.3, -0.25) is 4.79 Å². The summed E-state index contributed by atoms with van der Waals surface area (Å²) < 4.78 is 1.62. The first kappa shape index (κ1) is 21.6. The van der Waals surface area contributed by atoms with Crippen molar-refractivity contribution in [3.05, 3.63) is 65.7 Å². The van der Waals surface area contributed by atoms with Crippen molar-refractivity contribution in [2.24, 2.45) is 11.7 Å². The van der Waals surface area contributed by atoms with Crippen molar-refractivity contribution in [2.75, 3.05) is 19.6 Å². The minimum Gasteiger partial charge on any atom is -0.341 e. The fraction of sp³-hybridized carbons (Fsp3) is 0.280. The largest absolute Gasteiger partial charge is 0.341 e. The molecule has 4 aromatic rings. The minimum absolute atomic E-state index is 0.00206. The molecule has 0 saturated carbocycles. The molecule has 2 aromatic carbocycles. The highest BCUT2D eigenvalue weighted by Crippen LogP contribution is 2.37. The molecule has 1 aliphatic rings. The molecule has 0 spiro atoms. The van der Waals surface area contributed by atoms with Gasteiger partial charge in [-0.25, -0.2) is 4.68 Å². The lowest BCUT2D eigenvalue weighted by Crippen LogP contribution is -2.43. The maximum absolute atomic E-state index is 13.1. The molecule has 7 nitrogen and oxygen atoms in total. The maximum atomic E-state index is 13.1. The number of likely N-dealkylation sites (tertiary alicyclic amines) is 1. The molecule has 1 atom stereocenters. The number of carbonyl (C=O) groups excluding carboxylic acids is 1. The Kier molecular flexibility index (Phi) is 6.07. The van der Waals surface area contributed by atoms with E-state index in [4.69, 9.17) is 22.4 Å². The molecule has 8 heteroatoms. The molecule has 2 N–H and O–H groups in total. The minimum atomic E-state index is 0.00206. The Morgan fingerprint density at radius 2 is 1.67 bits per heavy atom. The van der Waals surface area contributed by atoms with Crippen molar-refractivity contribution >= 4 is 28.5 Å². The molecule has 5 rings (SSSR count). The topological polar surface area (TPSA) is 89.9 Å². The Morgan fingerprint density at radius 3 is 2.33 bits per heavy atom. The summed E-state index contributed by atoms with van der Waals surface area (Å²) in [5, 5.41) is 14.8. The van der Waals surface area contributed by atoms with Crippen LogP contribution in [0.3, 0.4) is 0 Å². The number of hydrogen-bond acceptors (Lipinski definition) is 5. The van der Waals surface area contributed by atoms with Crippen LogP contribution >= 0.6 is 11.6 Å². The number of amides is 1. The summed E-state index contributed by atoms with van der Waals surface area (Å²) in [7, 11) is 0. The molecule has 3 heterocycles. The molecule has 0 aliphatic carbocycles. The van der Waals surface area contributed by atoms with Crippen LogP contribution in [0.4, 0.5) is 0 Å². The predicted octanol–water partition coefficient (Wildman–Crippen LogP) is 4.01. The zero-order chi connectivity index (χ0) is 22.8. The number of hydrogen-bond donors (Lipinski definition) is 1. The third-order valence-corrected chi connectivity index (χ3v) is 6.55. The van der Waals surface area contributed by atoms with E-state index in [0.29, 0.717) is 46.5 Å². The van der Waals surface area contributed by atoms with E-state index in [-0.39, 0.29) is 12.5 Å². The van der Waals surface area contributed by atoms with Crippen molar-refractivity contribution in [1.82, 2.24) is 24.9 Å². The summed E-state index contributed by atoms with van der Waals surface area (Å²) in [4.78, 5) is 15.0. The maximum Gasteiger partial charge on any atom is 0.244 e. The van der Waals surface area contributed by atoms with E-state index in [9.17, 15) is 4.79 Å². The molecule has 1 aliphatic heterocycles. The van der Waals surface area contributed by atoms with Gasteiger partial charge in [-0.1, -0.05) is 72.3 Å². The summed E-state index contributed by atoms with van der Waals surface area (Å²) in [5.41, 5.74) is 9.41. The van der Waals surface area contributed by atoms with Crippen molar-refractivity contribution in [3.8, 4) is 22.5 Å². The monoisotopic (exact) mass is 460 g/mol. The predicted molar refractivity (Wildman–Crippen MR) is 130 cm³/mol. The number of benzene rings is 2. The molecule has 1 amide bonds. The third-order valence-electron chi connectivity index (χ3n) is 6.18. The van der Waals surface area contributed by atoms with Gasteiger partial charge in [0.15, 0.2) is 5.65 Å². The molecule has 168 valence electrons. The summed E-state index contributed by atoms with van der Waals surface area (Å²) in [6, 6.07) is 19.5. The average molecular weight is 461 g/mol. The van der Waals surface area contributed by atoms with E-state index in [2.05, 4.69) is 10.2 Å². The Morgan fingerprint density at radius 1 is 1.00 bits per heavy atom. The Balaban J connectivity index is 1.58. The molecule has 1 unspecified atom stereocenters. The quantitative estimate of drug-likeness (QED) is 0.486. The van der Waals surface area contributed by atoms with Gasteiger partial charge >= 0.3 is 0 Å². The third kappa shape index (κ3) is 4.21. The summed E-state index contributed by atoms with van der Waals surface area (Å²) in [6.45, 7) is 2.10. The zero-order valence-electron chi connectivity index (χ0n) is 18.2. The number of carbonyl (C=O) groups is 1. The van der Waals surface area contributed by atoms with Crippen LogP contribution in [0.1, 0.15) is 12.8 Å². The van der Waals surface area contributed by atoms with Crippen LogP contribution in [-0.2, 0) is 11.3 Å². The Bertz CT molecular complexity index is 1270. The highest BCUT2D eigenvalue weighted by atomic mass is 35.5. The van der Waals surface area contributed by atoms with Crippen molar-refractivity contribution in [1.29, 1.82) is 0 Å². The summed E-state index contributed by atoms with van der Waals surface area (Å²) in [5.74, 6) is 0.349. The molecule has 0 bridgehead atoms. The number of fused-ring (bicyclic) bond motifs is 1. The van der Waals surface area contributed by atoms with E-state index in [1.165, 1.54) is 0 Å². The summed E-state index contributed by atoms with van der Waals surface area (Å²) >= 11 is 6.90. The lowest BCUT2D eigenvalue weighted by molar-refractivity contribution is -0.133. The molecule has 0 radical (unpaired) electrons. The standard InChI is InChI=1S/C25H25ClN6O/c26-22-21-23(18-9-3-1-4-10-18)30-32(16-20(33)31-13-7-8-17(14-27)15-31)25(21)29-28-24(22)19-11-5-2-6-12-19/h1-6,9-12,17H,7-8,13-16,27H2. The normalized spacial score (nSPS) is 16.3. The second-order valence-electron chi connectivity index (χ2n) is 8.38. The van der Waals surface area contributed by atoms with E-state index < -0.39 is 0 Å². The van der Waals surface area contributed by atoms with Crippen LogP contribution in [0.25, 0.3) is 33.5 Å². The van der Waals surface area contributed by atoms with Crippen LogP contribution in [0.15, 0.2) is 60.7 Å². The highest BCUT2D eigenvalue weighted by Gasteiger charge is 2.26. The molecule has 33 heavy (non-hydrogen) atoms. The fourth-order valence-electron chi connectivity index (χ4n) is 4.42. The van der Waals surface area contributed by atoms with E-state index in [0.717, 1.165) is 30.5 Å². The number of aromatic nitrogens is 4. The van der Waals surface area contributed by atoms with E-state index in [1.54, 1.807) is 4.68 Å². The van der Waals surface area contributed by atoms with Gasteiger partial charge in [0.25, 0.3) is 0 Å². The van der Waals surface area contributed by atoms with Gasteiger partial charge in [0.1, 0.15) is 17.9 Å². The smallest absolute Gasteiger partial charge is 0.244 e. The first-order valence-electron chi connectivity index (χ1n) is 11.2. The number of nitrogens with two attached hydrogens (primary N) is 1. The van der Waals surface area contributed by atoms with Crippen LogP contribution in [0.2, 0.25) is 5.02 Å². The number of nitrogens with zero attached hydrogens (tertiary/aromatic N) is 5. The van der Waals surface area contributed by atoms with Gasteiger partial charge in [0.2, 0.25) is 5.91 Å². The molecule has 2 aromatic heterocycles. The van der Waals surface area contributed by atoms with Crippen LogP contribution < -0.4 is 5.73 Å². The zero-order valence-corrected chi connectivity index (χ0v) is 18.9. The Labute approximate surface area is 197 Å². The van der Waals surface area contributed by atoms with Crippen molar-refractivity contribution in [3.63, 3.8) is 0 Å². The summed E-state index contributed by atoms with van der Waals surface area (Å²) in [6.07, 6.45) is 2.03. The van der Waals surface area contributed by atoms with Gasteiger partial charge < -0.3 is 10.6 Å². The van der Waals surface area contributed by atoms with Gasteiger partial charge in [0, 0.05) is 24.2 Å². The number of piperidine rings is 1. The lowest BCUT2D eigenvalue weighted by atomic mass is 9.98. The first-order valence-corrected chi connectivity index (χ1v) is 11.5. The highest BCUT2D eigenvalue weighted by molar-refractivity contribution is 6.38. The van der Waals surface area contributed by atoms with E-state index >= 15 is 0 Å². The van der Waals surface area contributed by atoms with Gasteiger partial charge in [-0.15, -0.1) is 10.2 Å². The van der Waals surface area contributed by atoms with Crippen molar-refractivity contribution < 1.29 is 4.79 Å². The van der Waals surface area contributed by atoms with Crippen LogP contribution in [0.5, 0.6) is 0 Å². The number of rotatable bonds is 5. The number of halogens is 1. The van der Waals surface area contributed by atoms with Crippen LogP contribution in [0, 0.1) is 5.92 Å². The fourth-order valence-corrected chi connectivity index (χ4v) is 4.74. The lowest BCUT2D eigenvalue weighted by Gasteiger charge is -2.32. The SMILES string of the molecule is NCC1CCCN(C(=O)Cn2nc(-c3ccccc3)c3c(Cl)c(-c4ccccc4)nnc32)C1. The first-order chi connectivity index (χ1) is 16.2. The van der Waals surface area contributed by atoms with Crippen LogP contribution in [-0.4, -0.2) is 50.4 Å². The van der Waals surface area contributed by atoms with E-state index in [1.807, 2.05) is 65.6 Å². The second kappa shape index (κ2) is 9.29. The average Bonchev–Trinajstić information content (AvgIpc) is 3.24. The molecular formula is C25H25ClN6O. The molecule has 1 fully saturated rings. The molecular weight excluding hydrogens is 436 g/mol. The van der Waals surface area contributed by atoms with Gasteiger partial charge in [-0.2, -0.15) is 5.10 Å². The second-order valence-corrected chi connectivity index (χ2v) is 8.76. The van der Waals surface area contributed by atoms with Gasteiger partial charge in [-0.05, 0) is 25.3 Å². The van der Waals surface area contributed by atoms with Crippen molar-refractivity contribution in [2.45, 2.75) is 19.4 Å².